The first kappa shape index (κ1) is 14.8. The molecule has 0 radical (unpaired) electrons. The standard InChI is InChI=1S/C15H22FN3O/c16-14-6-5-12(17)11-13(14)15(20)18-7-4-10-19-8-2-1-3-9-19/h5-6,11H,1-4,7-10,17H2,(H,18,20). The predicted molar refractivity (Wildman–Crippen MR) is 78.1 cm³/mol. The van der Waals surface area contributed by atoms with E-state index in [4.69, 9.17) is 5.73 Å². The SMILES string of the molecule is Nc1ccc(F)c(C(=O)NCCCN2CCCCC2)c1. The molecule has 0 bridgehead atoms. The van der Waals surface area contributed by atoms with Crippen molar-refractivity contribution >= 4 is 11.6 Å². The van der Waals surface area contributed by atoms with Crippen LogP contribution in [0.25, 0.3) is 0 Å². The monoisotopic (exact) mass is 279 g/mol. The van der Waals surface area contributed by atoms with Crippen molar-refractivity contribution in [2.45, 2.75) is 25.7 Å². The Hall–Kier alpha value is -1.62. The Morgan fingerprint density at radius 3 is 2.80 bits per heavy atom. The zero-order valence-electron chi connectivity index (χ0n) is 11.7. The Labute approximate surface area is 119 Å². The first-order valence-electron chi connectivity index (χ1n) is 7.22. The van der Waals surface area contributed by atoms with Gasteiger partial charge in [-0.3, -0.25) is 4.79 Å². The first-order chi connectivity index (χ1) is 9.66. The van der Waals surface area contributed by atoms with Gasteiger partial charge in [0, 0.05) is 12.2 Å². The maximum atomic E-state index is 13.5. The molecule has 0 spiro atoms. The van der Waals surface area contributed by atoms with Crippen molar-refractivity contribution in [2.24, 2.45) is 0 Å². The molecule has 0 saturated carbocycles. The van der Waals surface area contributed by atoms with Crippen molar-refractivity contribution < 1.29 is 9.18 Å². The minimum atomic E-state index is -0.535. The summed E-state index contributed by atoms with van der Waals surface area (Å²) >= 11 is 0. The third-order valence-corrected chi connectivity index (χ3v) is 3.62. The van der Waals surface area contributed by atoms with Gasteiger partial charge in [-0.1, -0.05) is 6.42 Å². The number of piperidine rings is 1. The van der Waals surface area contributed by atoms with Gasteiger partial charge in [0.05, 0.1) is 5.56 Å². The van der Waals surface area contributed by atoms with E-state index in [0.29, 0.717) is 12.2 Å². The lowest BCUT2D eigenvalue weighted by Crippen LogP contribution is -2.33. The number of halogens is 1. The molecule has 1 aromatic carbocycles. The number of nitrogens with two attached hydrogens (primary N) is 1. The van der Waals surface area contributed by atoms with Crippen LogP contribution in [0.1, 0.15) is 36.0 Å². The number of anilines is 1. The molecule has 0 unspecified atom stereocenters. The van der Waals surface area contributed by atoms with E-state index in [1.807, 2.05) is 0 Å². The fraction of sp³-hybridized carbons (Fsp3) is 0.533. The Kier molecular flexibility index (Phi) is 5.35. The summed E-state index contributed by atoms with van der Waals surface area (Å²) in [6, 6.07) is 4.04. The van der Waals surface area contributed by atoms with Gasteiger partial charge in [-0.05, 0) is 57.1 Å². The van der Waals surface area contributed by atoms with Gasteiger partial charge in [-0.25, -0.2) is 4.39 Å². The molecule has 1 aromatic rings. The van der Waals surface area contributed by atoms with Crippen molar-refractivity contribution in [3.63, 3.8) is 0 Å². The quantitative estimate of drug-likeness (QED) is 0.640. The smallest absolute Gasteiger partial charge is 0.254 e. The summed E-state index contributed by atoms with van der Waals surface area (Å²) < 4.78 is 13.5. The average Bonchev–Trinajstić information content (AvgIpc) is 2.47. The number of nitrogens with one attached hydrogen (secondary N) is 1. The summed E-state index contributed by atoms with van der Waals surface area (Å²) in [5, 5.41) is 2.75. The molecule has 0 aromatic heterocycles. The molecule has 110 valence electrons. The second-order valence-corrected chi connectivity index (χ2v) is 5.25. The predicted octanol–water partition coefficient (Wildman–Crippen LogP) is 2.01. The number of nitrogens with zero attached hydrogens (tertiary/aromatic N) is 1. The zero-order chi connectivity index (χ0) is 14.4. The van der Waals surface area contributed by atoms with Crippen LogP contribution in [0.15, 0.2) is 18.2 Å². The summed E-state index contributed by atoms with van der Waals surface area (Å²) in [4.78, 5) is 14.3. The Bertz CT molecular complexity index is 458. The highest BCUT2D eigenvalue weighted by Gasteiger charge is 2.12. The Balaban J connectivity index is 1.73. The lowest BCUT2D eigenvalue weighted by molar-refractivity contribution is 0.0947. The Morgan fingerprint density at radius 2 is 2.05 bits per heavy atom. The molecule has 1 saturated heterocycles. The van der Waals surface area contributed by atoms with Crippen LogP contribution in [-0.4, -0.2) is 37.0 Å². The van der Waals surface area contributed by atoms with E-state index in [9.17, 15) is 9.18 Å². The third-order valence-electron chi connectivity index (χ3n) is 3.62. The van der Waals surface area contributed by atoms with Crippen LogP contribution in [0.4, 0.5) is 10.1 Å². The van der Waals surface area contributed by atoms with Crippen LogP contribution in [0.2, 0.25) is 0 Å². The van der Waals surface area contributed by atoms with Gasteiger partial charge in [-0.2, -0.15) is 0 Å². The number of hydrogen-bond acceptors (Lipinski definition) is 3. The molecule has 0 atom stereocenters. The lowest BCUT2D eigenvalue weighted by Gasteiger charge is -2.26. The molecule has 1 aliphatic heterocycles. The average molecular weight is 279 g/mol. The molecule has 3 N–H and O–H groups in total. The van der Waals surface area contributed by atoms with Crippen molar-refractivity contribution in [1.29, 1.82) is 0 Å². The molecular formula is C15H22FN3O. The molecule has 1 heterocycles. The maximum Gasteiger partial charge on any atom is 0.254 e. The van der Waals surface area contributed by atoms with Crippen LogP contribution in [0, 0.1) is 5.82 Å². The van der Waals surface area contributed by atoms with Crippen molar-refractivity contribution in [3.05, 3.63) is 29.6 Å². The topological polar surface area (TPSA) is 58.4 Å². The van der Waals surface area contributed by atoms with Crippen LogP contribution in [-0.2, 0) is 0 Å². The minimum Gasteiger partial charge on any atom is -0.399 e. The lowest BCUT2D eigenvalue weighted by atomic mass is 10.1. The number of nitrogen functional groups attached to an aromatic ring is 1. The zero-order valence-corrected chi connectivity index (χ0v) is 11.7. The van der Waals surface area contributed by atoms with Crippen molar-refractivity contribution in [1.82, 2.24) is 10.2 Å². The number of hydrogen-bond donors (Lipinski definition) is 2. The number of carbonyl (C=O) groups is 1. The summed E-state index contributed by atoms with van der Waals surface area (Å²) in [7, 11) is 0. The molecule has 1 fully saturated rings. The van der Waals surface area contributed by atoms with Gasteiger partial charge in [0.15, 0.2) is 0 Å². The summed E-state index contributed by atoms with van der Waals surface area (Å²) in [6.07, 6.45) is 4.74. The Morgan fingerprint density at radius 1 is 1.30 bits per heavy atom. The van der Waals surface area contributed by atoms with Gasteiger partial charge in [0.1, 0.15) is 5.82 Å². The molecule has 1 aliphatic rings. The molecule has 20 heavy (non-hydrogen) atoms. The van der Waals surface area contributed by atoms with Crippen LogP contribution in [0.3, 0.4) is 0 Å². The summed E-state index contributed by atoms with van der Waals surface area (Å²) in [5.74, 6) is -0.929. The van der Waals surface area contributed by atoms with Gasteiger partial charge in [0.2, 0.25) is 0 Å². The minimum absolute atomic E-state index is 0.0166. The number of likely N-dealkylation sites (tertiary alicyclic amines) is 1. The highest BCUT2D eigenvalue weighted by atomic mass is 19.1. The molecule has 2 rings (SSSR count). The second-order valence-electron chi connectivity index (χ2n) is 5.25. The second kappa shape index (κ2) is 7.24. The molecule has 0 aliphatic carbocycles. The van der Waals surface area contributed by atoms with Crippen LogP contribution >= 0.6 is 0 Å². The van der Waals surface area contributed by atoms with Gasteiger partial charge in [-0.15, -0.1) is 0 Å². The van der Waals surface area contributed by atoms with Crippen LogP contribution < -0.4 is 11.1 Å². The largest absolute Gasteiger partial charge is 0.399 e. The number of amides is 1. The highest BCUT2D eigenvalue weighted by Crippen LogP contribution is 2.12. The molecule has 4 nitrogen and oxygen atoms in total. The van der Waals surface area contributed by atoms with Crippen molar-refractivity contribution in [3.8, 4) is 0 Å². The van der Waals surface area contributed by atoms with Crippen molar-refractivity contribution in [2.75, 3.05) is 31.9 Å². The van der Waals surface area contributed by atoms with E-state index in [1.165, 1.54) is 37.5 Å². The number of benzene rings is 1. The maximum absolute atomic E-state index is 13.5. The number of carbonyl (C=O) groups excluding carboxylic acids is 1. The van der Waals surface area contributed by atoms with Gasteiger partial charge in [0.25, 0.3) is 5.91 Å². The fourth-order valence-electron chi connectivity index (χ4n) is 2.50. The van der Waals surface area contributed by atoms with E-state index in [0.717, 1.165) is 26.1 Å². The third kappa shape index (κ3) is 4.20. The van der Waals surface area contributed by atoms with E-state index < -0.39 is 11.7 Å². The summed E-state index contributed by atoms with van der Waals surface area (Å²) in [5.41, 5.74) is 5.97. The molecule has 1 amide bonds. The molecule has 5 heteroatoms. The fourth-order valence-corrected chi connectivity index (χ4v) is 2.50. The van der Waals surface area contributed by atoms with Gasteiger partial charge >= 0.3 is 0 Å². The van der Waals surface area contributed by atoms with E-state index in [1.54, 1.807) is 0 Å². The number of rotatable bonds is 5. The first-order valence-corrected chi connectivity index (χ1v) is 7.22. The normalized spacial score (nSPS) is 16.1. The van der Waals surface area contributed by atoms with E-state index in [-0.39, 0.29) is 5.56 Å². The van der Waals surface area contributed by atoms with E-state index in [2.05, 4.69) is 10.2 Å². The van der Waals surface area contributed by atoms with Gasteiger partial charge < -0.3 is 16.0 Å². The van der Waals surface area contributed by atoms with E-state index >= 15 is 0 Å². The molecular weight excluding hydrogens is 257 g/mol. The summed E-state index contributed by atoms with van der Waals surface area (Å²) in [6.45, 7) is 3.85. The highest BCUT2D eigenvalue weighted by molar-refractivity contribution is 5.95. The van der Waals surface area contributed by atoms with Crippen LogP contribution in [0.5, 0.6) is 0 Å².